The molecular weight excluding hydrogens is 1200 g/mol. The van der Waals surface area contributed by atoms with Crippen molar-refractivity contribution in [3.8, 4) is 34.2 Å². The van der Waals surface area contributed by atoms with Gasteiger partial charge in [0.05, 0.1) is 65.0 Å². The number of nitrogens with zero attached hydrogens (tertiary/aromatic N) is 8. The van der Waals surface area contributed by atoms with Crippen LogP contribution in [0.4, 0.5) is 0 Å². The first kappa shape index (κ1) is 60.5. The number of aryl methyl sites for hydroxylation is 2. The van der Waals surface area contributed by atoms with E-state index in [1.165, 1.54) is 5.57 Å². The maximum absolute atomic E-state index is 13.6. The molecule has 0 aliphatic carbocycles. The van der Waals surface area contributed by atoms with E-state index in [2.05, 4.69) is 58.6 Å². The Bertz CT molecular complexity index is 4130. The Labute approximate surface area is 515 Å². The Morgan fingerprint density at radius 2 is 0.837 bits per heavy atom. The van der Waals surface area contributed by atoms with Gasteiger partial charge >= 0.3 is 6.15 Å². The van der Waals surface area contributed by atoms with E-state index in [0.717, 1.165) is 101 Å². The summed E-state index contributed by atoms with van der Waals surface area (Å²) in [6, 6.07) is 71.3. The molecule has 5 heterocycles. The minimum absolute atomic E-state index is 0.0763. The Balaban J connectivity index is 0.000000147. The zero-order valence-electron chi connectivity index (χ0n) is 47.4. The van der Waals surface area contributed by atoms with Crippen molar-refractivity contribution >= 4 is 55.1 Å². The Hall–Kier alpha value is -10.1. The van der Waals surface area contributed by atoms with Crippen molar-refractivity contribution in [3.63, 3.8) is 0 Å². The summed E-state index contributed by atoms with van der Waals surface area (Å²) in [7, 11) is 0. The Kier molecular flexibility index (Phi) is 20.4. The lowest BCUT2D eigenvalue weighted by Gasteiger charge is -2.15. The molecule has 86 heavy (non-hydrogen) atoms. The summed E-state index contributed by atoms with van der Waals surface area (Å²) >= 11 is 6.94. The fourth-order valence-corrected chi connectivity index (χ4v) is 10.2. The van der Waals surface area contributed by atoms with Crippen LogP contribution in [0.15, 0.2) is 263 Å². The number of carbonyl (C=O) groups excluding carboxylic acids is 2. The average molecular weight is 1260 g/mol. The minimum Gasteiger partial charge on any atom is -0.397 e. The molecule has 0 spiro atoms. The number of aliphatic imine (C=N–C) groups is 3. The number of benzene rings is 8. The molecule has 0 unspecified atom stereocenters. The minimum atomic E-state index is -0.0763. The van der Waals surface area contributed by atoms with Crippen LogP contribution in [0.5, 0.6) is 0 Å². The first-order valence-corrected chi connectivity index (χ1v) is 29.1. The van der Waals surface area contributed by atoms with Crippen LogP contribution in [-0.4, -0.2) is 48.9 Å². The van der Waals surface area contributed by atoms with E-state index in [0.29, 0.717) is 53.8 Å². The molecule has 0 saturated heterocycles. The predicted octanol–water partition coefficient (Wildman–Crippen LogP) is 14.3. The second kappa shape index (κ2) is 28.9. The van der Waals surface area contributed by atoms with Gasteiger partial charge in [-0.05, 0) is 74.4 Å². The SMILES string of the molecule is CCC1=C(N)C(c2ccccc2)=NC1.Cc1ccc(-c2nc3c(c(=O)n2-c2ccc(Br)cc2)CN=C3c2ccccc2)cc1.Cc1ccc(-c2nc3c(c(=O)n2-c2ccc(Br)cc2)CN=C3c2ccccc2)cc1.O=C=O.[C-]#[N+]Cc1ccccc1. The highest BCUT2D eigenvalue weighted by Gasteiger charge is 2.28. The molecule has 0 saturated carbocycles. The summed E-state index contributed by atoms with van der Waals surface area (Å²) in [5, 5.41) is 0. The van der Waals surface area contributed by atoms with Gasteiger partial charge in [0.2, 0.25) is 6.54 Å². The molecule has 0 atom stereocenters. The van der Waals surface area contributed by atoms with Crippen LogP contribution in [0.3, 0.4) is 0 Å². The zero-order valence-corrected chi connectivity index (χ0v) is 50.5. The Morgan fingerprint density at radius 1 is 0.488 bits per heavy atom. The van der Waals surface area contributed by atoms with Crippen LogP contribution < -0.4 is 16.9 Å². The lowest BCUT2D eigenvalue weighted by molar-refractivity contribution is -0.191. The summed E-state index contributed by atoms with van der Waals surface area (Å²) in [5.74, 6) is 1.23. The van der Waals surface area contributed by atoms with Gasteiger partial charge in [-0.15, -0.1) is 0 Å². The number of fused-ring (bicyclic) bond motifs is 2. The van der Waals surface area contributed by atoms with E-state index in [4.69, 9.17) is 31.9 Å². The molecule has 8 aromatic carbocycles. The largest absolute Gasteiger partial charge is 0.397 e. The fraction of sp³-hybridized carbons (Fsp3) is 0.113. The van der Waals surface area contributed by atoms with Crippen molar-refractivity contribution in [1.82, 2.24) is 19.1 Å². The van der Waals surface area contributed by atoms with Crippen LogP contribution in [0.2, 0.25) is 0 Å². The van der Waals surface area contributed by atoms with Gasteiger partial charge in [0.15, 0.2) is 0 Å². The molecule has 15 heteroatoms. The van der Waals surface area contributed by atoms with Crippen LogP contribution >= 0.6 is 31.9 Å². The van der Waals surface area contributed by atoms with Crippen molar-refractivity contribution in [2.75, 3.05) is 6.54 Å². The standard InChI is InChI=1S/2C25H18BrN3O.C12H14N2.C8H7N.CO2/c2*1-16-7-9-18(10-8-16)24-28-23-21(15-27-22(23)17-5-3-2-4-6-17)25(30)29(24)20-13-11-19(26)12-14-20;1-2-9-8-14-12(11(9)13)10-6-4-3-5-7-10;1-9-7-8-5-3-2-4-6-8;2-1-3/h2*2-14H,15H2,1H3;3-7H,2,8,13H2,1H3;2-6H,7H2;. The molecule has 0 fully saturated rings. The van der Waals surface area contributed by atoms with Gasteiger partial charge in [-0.1, -0.05) is 220 Å². The quantitative estimate of drug-likeness (QED) is 0.140. The Morgan fingerprint density at radius 3 is 1.19 bits per heavy atom. The van der Waals surface area contributed by atoms with Gasteiger partial charge in [0.1, 0.15) is 23.0 Å². The number of nitrogens with two attached hydrogens (primary N) is 1. The summed E-state index contributed by atoms with van der Waals surface area (Å²) in [6.45, 7) is 14.7. The summed E-state index contributed by atoms with van der Waals surface area (Å²) in [5.41, 5.74) is 22.9. The molecule has 0 amide bonds. The second-order valence-electron chi connectivity index (χ2n) is 19.8. The molecule has 3 aliphatic heterocycles. The van der Waals surface area contributed by atoms with E-state index in [1.54, 1.807) is 9.13 Å². The van der Waals surface area contributed by atoms with Crippen LogP contribution in [-0.2, 0) is 29.2 Å². The highest BCUT2D eigenvalue weighted by molar-refractivity contribution is 9.10. The normalized spacial score (nSPS) is 12.3. The molecule has 2 aromatic heterocycles. The molecule has 3 aliphatic rings. The number of rotatable bonds is 9. The van der Waals surface area contributed by atoms with Crippen LogP contribution in [0, 0.1) is 20.4 Å². The molecule has 0 radical (unpaired) electrons. The van der Waals surface area contributed by atoms with E-state index in [9.17, 15) is 9.59 Å². The van der Waals surface area contributed by atoms with Gasteiger partial charge < -0.3 is 10.6 Å². The zero-order chi connectivity index (χ0) is 60.5. The third kappa shape index (κ3) is 14.3. The molecule has 0 bridgehead atoms. The van der Waals surface area contributed by atoms with Crippen molar-refractivity contribution in [2.45, 2.75) is 46.8 Å². The molecular formula is C71H57Br2N9O4. The van der Waals surface area contributed by atoms with Gasteiger partial charge in [-0.3, -0.25) is 33.7 Å². The van der Waals surface area contributed by atoms with Crippen LogP contribution in [0.25, 0.3) is 39.0 Å². The third-order valence-corrected chi connectivity index (χ3v) is 15.2. The summed E-state index contributed by atoms with van der Waals surface area (Å²) in [4.78, 5) is 70.5. The molecule has 10 aromatic rings. The van der Waals surface area contributed by atoms with Crippen molar-refractivity contribution in [1.29, 1.82) is 0 Å². The number of allylic oxidation sites excluding steroid dienone is 1. The third-order valence-electron chi connectivity index (χ3n) is 14.1. The summed E-state index contributed by atoms with van der Waals surface area (Å²) < 4.78 is 5.30. The maximum Gasteiger partial charge on any atom is 0.373 e. The number of halogens is 2. The molecule has 13 nitrogen and oxygen atoms in total. The van der Waals surface area contributed by atoms with E-state index in [-0.39, 0.29) is 17.3 Å². The van der Waals surface area contributed by atoms with Gasteiger partial charge in [0, 0.05) is 42.3 Å². The topological polar surface area (TPSA) is 171 Å². The monoisotopic (exact) mass is 1260 g/mol. The van der Waals surface area contributed by atoms with Crippen molar-refractivity contribution in [2.24, 2.45) is 20.7 Å². The fourth-order valence-electron chi connectivity index (χ4n) is 9.69. The average Bonchev–Trinajstić information content (AvgIpc) is 1.80. The smallest absolute Gasteiger partial charge is 0.373 e. The van der Waals surface area contributed by atoms with Gasteiger partial charge in [0.25, 0.3) is 11.1 Å². The first-order valence-electron chi connectivity index (χ1n) is 27.5. The maximum atomic E-state index is 13.6. The number of hydrogen-bond acceptors (Lipinski definition) is 10. The first-order chi connectivity index (χ1) is 41.9. The second-order valence-corrected chi connectivity index (χ2v) is 21.7. The lowest BCUT2D eigenvalue weighted by atomic mass is 10.0. The van der Waals surface area contributed by atoms with Gasteiger partial charge in [-0.25, -0.2) is 16.5 Å². The van der Waals surface area contributed by atoms with Gasteiger partial charge in [-0.2, -0.15) is 9.59 Å². The van der Waals surface area contributed by atoms with E-state index in [1.807, 2.05) is 232 Å². The van der Waals surface area contributed by atoms with E-state index >= 15 is 0 Å². The van der Waals surface area contributed by atoms with Crippen LogP contribution in [0.1, 0.15) is 69.2 Å². The molecule has 13 rings (SSSR count). The number of aromatic nitrogens is 4. The van der Waals surface area contributed by atoms with E-state index < -0.39 is 0 Å². The predicted molar refractivity (Wildman–Crippen MR) is 348 cm³/mol. The summed E-state index contributed by atoms with van der Waals surface area (Å²) in [6.07, 6.45) is 1.24. The van der Waals surface area contributed by atoms with Crippen molar-refractivity contribution in [3.05, 3.63) is 327 Å². The molecule has 2 N–H and O–H groups in total. The highest BCUT2D eigenvalue weighted by Crippen LogP contribution is 2.29. The van der Waals surface area contributed by atoms with Crippen molar-refractivity contribution < 1.29 is 9.59 Å². The molecule has 424 valence electrons. The highest BCUT2D eigenvalue weighted by atomic mass is 79.9. The number of hydrogen-bond donors (Lipinski definition) is 1. The lowest BCUT2D eigenvalue weighted by Crippen LogP contribution is -2.27.